The summed E-state index contributed by atoms with van der Waals surface area (Å²) in [7, 11) is 0. The maximum absolute atomic E-state index is 11.5. The monoisotopic (exact) mass is 200 g/mol. The van der Waals surface area contributed by atoms with Gasteiger partial charge in [-0.25, -0.2) is 4.79 Å². The van der Waals surface area contributed by atoms with Gasteiger partial charge in [-0.05, 0) is 6.07 Å². The number of carboxylic acids is 1. The number of rotatable bonds is 3. The Hall–Kier alpha value is -0.940. The fraction of sp³-hybridized carbons (Fsp3) is 0.375. The quantitative estimate of drug-likeness (QED) is 0.745. The second kappa shape index (κ2) is 3.08. The molecule has 0 spiro atoms. The minimum atomic E-state index is -1.15. The largest absolute Gasteiger partial charge is 0.609 e. The van der Waals surface area contributed by atoms with Crippen molar-refractivity contribution >= 4 is 17.1 Å². The first-order valence-corrected chi connectivity index (χ1v) is 5.13. The van der Waals surface area contributed by atoms with E-state index in [2.05, 4.69) is 0 Å². The SMILES string of the molecule is O=C(O)c1ccc([S+]([O-])C2CC2)o1. The molecule has 0 aromatic carbocycles. The summed E-state index contributed by atoms with van der Waals surface area (Å²) in [6.45, 7) is 0. The van der Waals surface area contributed by atoms with Crippen LogP contribution in [0, 0.1) is 0 Å². The highest BCUT2D eigenvalue weighted by Crippen LogP contribution is 2.34. The van der Waals surface area contributed by atoms with E-state index in [9.17, 15) is 9.35 Å². The third-order valence-corrected chi connectivity index (χ3v) is 3.51. The fourth-order valence-electron chi connectivity index (χ4n) is 0.990. The minimum absolute atomic E-state index is 0.149. The second-order valence-corrected chi connectivity index (χ2v) is 4.58. The van der Waals surface area contributed by atoms with Gasteiger partial charge in [0.05, 0.1) is 0 Å². The van der Waals surface area contributed by atoms with Crippen LogP contribution in [0.3, 0.4) is 0 Å². The number of hydrogen-bond acceptors (Lipinski definition) is 3. The van der Waals surface area contributed by atoms with Gasteiger partial charge in [0, 0.05) is 30.1 Å². The van der Waals surface area contributed by atoms with E-state index in [1.54, 1.807) is 0 Å². The molecule has 1 aromatic rings. The van der Waals surface area contributed by atoms with E-state index in [4.69, 9.17) is 9.52 Å². The average molecular weight is 200 g/mol. The molecule has 1 unspecified atom stereocenters. The van der Waals surface area contributed by atoms with Crippen LogP contribution in [0.1, 0.15) is 23.4 Å². The summed E-state index contributed by atoms with van der Waals surface area (Å²) in [5, 5.41) is 8.99. The summed E-state index contributed by atoms with van der Waals surface area (Å²) in [4.78, 5) is 10.4. The van der Waals surface area contributed by atoms with Crippen LogP contribution in [0.5, 0.6) is 0 Å². The van der Waals surface area contributed by atoms with Crippen LogP contribution in [0.15, 0.2) is 21.6 Å². The van der Waals surface area contributed by atoms with Gasteiger partial charge in [0.2, 0.25) is 5.76 Å². The number of hydrogen-bond donors (Lipinski definition) is 1. The Kier molecular flexibility index (Phi) is 2.05. The highest BCUT2D eigenvalue weighted by molar-refractivity contribution is 7.92. The molecule has 4 nitrogen and oxygen atoms in total. The van der Waals surface area contributed by atoms with Crippen molar-refractivity contribution in [3.63, 3.8) is 0 Å². The van der Waals surface area contributed by atoms with Crippen LogP contribution < -0.4 is 0 Å². The van der Waals surface area contributed by atoms with E-state index in [0.717, 1.165) is 12.8 Å². The van der Waals surface area contributed by atoms with E-state index in [1.807, 2.05) is 0 Å². The summed E-state index contributed by atoms with van der Waals surface area (Å²) in [6, 6.07) is 2.80. The lowest BCUT2D eigenvalue weighted by atomic mass is 10.5. The van der Waals surface area contributed by atoms with Crippen molar-refractivity contribution in [3.8, 4) is 0 Å². The lowest BCUT2D eigenvalue weighted by molar-refractivity contribution is 0.0656. The van der Waals surface area contributed by atoms with Crippen molar-refractivity contribution in [1.29, 1.82) is 0 Å². The highest BCUT2D eigenvalue weighted by Gasteiger charge is 2.38. The third kappa shape index (κ3) is 1.71. The van der Waals surface area contributed by atoms with Gasteiger partial charge in [-0.3, -0.25) is 0 Å². The zero-order chi connectivity index (χ0) is 9.42. The zero-order valence-electron chi connectivity index (χ0n) is 6.73. The number of aromatic carboxylic acids is 1. The first-order chi connectivity index (χ1) is 6.18. The van der Waals surface area contributed by atoms with Crippen molar-refractivity contribution in [2.24, 2.45) is 0 Å². The molecule has 2 rings (SSSR count). The predicted molar refractivity (Wildman–Crippen MR) is 45.1 cm³/mol. The van der Waals surface area contributed by atoms with Crippen LogP contribution >= 0.6 is 0 Å². The Labute approximate surface area is 77.7 Å². The van der Waals surface area contributed by atoms with Gasteiger partial charge in [-0.1, -0.05) is 0 Å². The fourth-order valence-corrected chi connectivity index (χ4v) is 2.26. The first kappa shape index (κ1) is 8.65. The van der Waals surface area contributed by atoms with E-state index < -0.39 is 17.1 Å². The standard InChI is InChI=1S/C8H8O4S/c9-8(10)6-3-4-7(12-6)13(11)5-1-2-5/h3-5H,1-2H2,(H,9,10). The normalized spacial score (nSPS) is 18.5. The summed E-state index contributed by atoms with van der Waals surface area (Å²) < 4.78 is 16.4. The molecule has 5 heteroatoms. The zero-order valence-corrected chi connectivity index (χ0v) is 7.54. The molecular formula is C8H8O4S. The molecule has 1 heterocycles. The lowest BCUT2D eigenvalue weighted by Gasteiger charge is -2.03. The van der Waals surface area contributed by atoms with Crippen LogP contribution in [-0.4, -0.2) is 20.9 Å². The summed E-state index contributed by atoms with van der Waals surface area (Å²) in [6.07, 6.45) is 1.88. The summed E-state index contributed by atoms with van der Waals surface area (Å²) >= 11 is -1.15. The molecule has 1 aromatic heterocycles. The highest BCUT2D eigenvalue weighted by atomic mass is 32.2. The number of furan rings is 1. The maximum Gasteiger partial charge on any atom is 0.372 e. The second-order valence-electron chi connectivity index (χ2n) is 2.92. The van der Waals surface area contributed by atoms with E-state index in [0.29, 0.717) is 0 Å². The molecule has 1 aliphatic rings. The molecule has 0 aliphatic heterocycles. The molecule has 0 saturated heterocycles. The van der Waals surface area contributed by atoms with Crippen molar-refractivity contribution in [2.45, 2.75) is 23.2 Å². The summed E-state index contributed by atoms with van der Waals surface area (Å²) in [5.41, 5.74) is 0. The molecule has 1 N–H and O–H groups in total. The van der Waals surface area contributed by atoms with E-state index >= 15 is 0 Å². The van der Waals surface area contributed by atoms with Crippen LogP contribution in [-0.2, 0) is 11.2 Å². The van der Waals surface area contributed by atoms with Gasteiger partial charge in [-0.15, -0.1) is 0 Å². The molecule has 0 bridgehead atoms. The minimum Gasteiger partial charge on any atom is -0.609 e. The average Bonchev–Trinajstić information content (AvgIpc) is 2.81. The van der Waals surface area contributed by atoms with Gasteiger partial charge in [0.1, 0.15) is 5.25 Å². The molecule has 13 heavy (non-hydrogen) atoms. The maximum atomic E-state index is 11.5. The molecule has 70 valence electrons. The number of carboxylic acid groups (broad SMARTS) is 1. The number of carbonyl (C=O) groups is 1. The van der Waals surface area contributed by atoms with Gasteiger partial charge >= 0.3 is 11.1 Å². The van der Waals surface area contributed by atoms with Crippen LogP contribution in [0.25, 0.3) is 0 Å². The van der Waals surface area contributed by atoms with Gasteiger partial charge in [0.15, 0.2) is 0 Å². The molecule has 1 atom stereocenters. The molecule has 1 fully saturated rings. The molecule has 0 amide bonds. The Morgan fingerprint density at radius 1 is 1.62 bits per heavy atom. The molecule has 1 saturated carbocycles. The third-order valence-electron chi connectivity index (χ3n) is 1.82. The molecule has 1 aliphatic carbocycles. The van der Waals surface area contributed by atoms with E-state index in [-0.39, 0.29) is 16.1 Å². The Morgan fingerprint density at radius 3 is 2.77 bits per heavy atom. The van der Waals surface area contributed by atoms with Gasteiger partial charge < -0.3 is 14.1 Å². The Bertz CT molecular complexity index is 329. The van der Waals surface area contributed by atoms with Crippen molar-refractivity contribution in [2.75, 3.05) is 0 Å². The topological polar surface area (TPSA) is 73.5 Å². The van der Waals surface area contributed by atoms with Gasteiger partial charge in [0.25, 0.3) is 0 Å². The summed E-state index contributed by atoms with van der Waals surface area (Å²) in [5.74, 6) is -1.27. The predicted octanol–water partition coefficient (Wildman–Crippen LogP) is 1.25. The van der Waals surface area contributed by atoms with Crippen molar-refractivity contribution in [1.82, 2.24) is 0 Å². The molecular weight excluding hydrogens is 192 g/mol. The molecule has 0 radical (unpaired) electrons. The van der Waals surface area contributed by atoms with Crippen LogP contribution in [0.4, 0.5) is 0 Å². The Balaban J connectivity index is 2.16. The van der Waals surface area contributed by atoms with Crippen LogP contribution in [0.2, 0.25) is 0 Å². The Morgan fingerprint density at radius 2 is 2.31 bits per heavy atom. The van der Waals surface area contributed by atoms with Gasteiger partial charge in [-0.2, -0.15) is 0 Å². The smallest absolute Gasteiger partial charge is 0.372 e. The van der Waals surface area contributed by atoms with Crippen molar-refractivity contribution in [3.05, 3.63) is 17.9 Å². The van der Waals surface area contributed by atoms with E-state index in [1.165, 1.54) is 12.1 Å². The first-order valence-electron chi connectivity index (χ1n) is 3.92. The van der Waals surface area contributed by atoms with Crippen molar-refractivity contribution < 1.29 is 18.9 Å². The lowest BCUT2D eigenvalue weighted by Crippen LogP contribution is -2.05.